The van der Waals surface area contributed by atoms with Gasteiger partial charge in [0.2, 0.25) is 5.91 Å². The van der Waals surface area contributed by atoms with Gasteiger partial charge < -0.3 is 14.4 Å². The largest absolute Gasteiger partial charge is 0.472 e. The van der Waals surface area contributed by atoms with E-state index in [1.165, 1.54) is 11.3 Å². The molecule has 1 N–H and O–H groups in total. The number of carbonyl (C=O) groups excluding carboxylic acids is 1. The summed E-state index contributed by atoms with van der Waals surface area (Å²) in [5.74, 6) is 0.0468. The van der Waals surface area contributed by atoms with Crippen LogP contribution in [-0.4, -0.2) is 40.1 Å². The van der Waals surface area contributed by atoms with E-state index >= 15 is 0 Å². The number of aromatic nitrogens is 1. The Kier molecular flexibility index (Phi) is 3.84. The number of nitrogens with zero attached hydrogens (tertiary/aromatic N) is 2. The molecule has 0 aliphatic carbocycles. The molecule has 2 aromatic heterocycles. The summed E-state index contributed by atoms with van der Waals surface area (Å²) in [7, 11) is 0. The van der Waals surface area contributed by atoms with Crippen molar-refractivity contribution in [1.82, 2.24) is 9.88 Å². The number of likely N-dealkylation sites (tertiary alicyclic amines) is 1. The van der Waals surface area contributed by atoms with E-state index in [1.807, 2.05) is 11.4 Å². The Bertz CT molecular complexity index is 579. The Morgan fingerprint density at radius 3 is 3.25 bits per heavy atom. The average Bonchev–Trinajstić information content (AvgIpc) is 3.19. The second-order valence-corrected chi connectivity index (χ2v) is 5.76. The van der Waals surface area contributed by atoms with Crippen molar-refractivity contribution < 1.29 is 14.3 Å². The van der Waals surface area contributed by atoms with Crippen LogP contribution >= 0.6 is 11.3 Å². The number of hydrogen-bond donors (Lipinski definition) is 1. The lowest BCUT2D eigenvalue weighted by atomic mass is 10.2. The van der Waals surface area contributed by atoms with E-state index in [0.717, 1.165) is 35.7 Å². The lowest BCUT2D eigenvalue weighted by Crippen LogP contribution is -2.38. The number of carbonyl (C=O) groups is 1. The summed E-state index contributed by atoms with van der Waals surface area (Å²) in [4.78, 5) is 18.5. The maximum Gasteiger partial charge on any atom is 0.228 e. The van der Waals surface area contributed by atoms with Gasteiger partial charge in [0.05, 0.1) is 31.0 Å². The summed E-state index contributed by atoms with van der Waals surface area (Å²) in [6.07, 6.45) is 5.41. The molecular weight excluding hydrogens is 276 g/mol. The molecule has 1 saturated heterocycles. The molecule has 3 heterocycles. The first kappa shape index (κ1) is 13.3. The molecule has 0 radical (unpaired) electrons. The molecular formula is C14H16N2O3S. The molecule has 2 aromatic rings. The summed E-state index contributed by atoms with van der Waals surface area (Å²) < 4.78 is 5.03. The molecule has 0 bridgehead atoms. The summed E-state index contributed by atoms with van der Waals surface area (Å²) in [5, 5.41) is 12.0. The third-order valence-electron chi connectivity index (χ3n) is 3.56. The standard InChI is InChI=1S/C14H16N2O3S/c17-7-12-2-1-4-16(12)13(18)6-11-9-20-14(15-11)10-3-5-19-8-10/h3,5,8-9,12,17H,1-2,4,6-7H2/t12-/m1/s1. The van der Waals surface area contributed by atoms with E-state index in [9.17, 15) is 9.90 Å². The van der Waals surface area contributed by atoms with Crippen molar-refractivity contribution in [3.8, 4) is 10.6 Å². The van der Waals surface area contributed by atoms with Gasteiger partial charge in [0.15, 0.2) is 0 Å². The van der Waals surface area contributed by atoms with Gasteiger partial charge in [0.25, 0.3) is 0 Å². The van der Waals surface area contributed by atoms with Crippen LogP contribution in [0.4, 0.5) is 0 Å². The third-order valence-corrected chi connectivity index (χ3v) is 4.50. The summed E-state index contributed by atoms with van der Waals surface area (Å²) in [5.41, 5.74) is 1.71. The van der Waals surface area contributed by atoms with Crippen molar-refractivity contribution in [1.29, 1.82) is 0 Å². The molecule has 0 saturated carbocycles. The Labute approximate surface area is 120 Å². The average molecular weight is 292 g/mol. The van der Waals surface area contributed by atoms with Gasteiger partial charge in [-0.3, -0.25) is 4.79 Å². The molecule has 1 fully saturated rings. The van der Waals surface area contributed by atoms with Crippen molar-refractivity contribution in [3.63, 3.8) is 0 Å². The van der Waals surface area contributed by atoms with Gasteiger partial charge in [0.1, 0.15) is 11.3 Å². The molecule has 20 heavy (non-hydrogen) atoms. The number of thiazole rings is 1. The Morgan fingerprint density at radius 1 is 1.60 bits per heavy atom. The van der Waals surface area contributed by atoms with E-state index < -0.39 is 0 Å². The molecule has 5 nitrogen and oxygen atoms in total. The highest BCUT2D eigenvalue weighted by Gasteiger charge is 2.28. The quantitative estimate of drug-likeness (QED) is 0.935. The van der Waals surface area contributed by atoms with E-state index in [-0.39, 0.29) is 18.6 Å². The fourth-order valence-corrected chi connectivity index (χ4v) is 3.32. The number of aliphatic hydroxyl groups is 1. The monoisotopic (exact) mass is 292 g/mol. The lowest BCUT2D eigenvalue weighted by molar-refractivity contribution is -0.132. The van der Waals surface area contributed by atoms with Crippen LogP contribution in [0.2, 0.25) is 0 Å². The second kappa shape index (κ2) is 5.76. The van der Waals surface area contributed by atoms with Gasteiger partial charge in [0, 0.05) is 17.5 Å². The normalized spacial score (nSPS) is 18.6. The Hall–Kier alpha value is -1.66. The third kappa shape index (κ3) is 2.62. The van der Waals surface area contributed by atoms with E-state index in [0.29, 0.717) is 6.42 Å². The van der Waals surface area contributed by atoms with E-state index in [1.54, 1.807) is 17.4 Å². The number of aliphatic hydroxyl groups excluding tert-OH is 1. The topological polar surface area (TPSA) is 66.6 Å². The van der Waals surface area contributed by atoms with Crippen LogP contribution in [0.25, 0.3) is 10.6 Å². The Morgan fingerprint density at radius 2 is 2.50 bits per heavy atom. The highest BCUT2D eigenvalue weighted by molar-refractivity contribution is 7.13. The van der Waals surface area contributed by atoms with Gasteiger partial charge in [-0.2, -0.15) is 0 Å². The minimum atomic E-state index is -0.0190. The zero-order valence-corrected chi connectivity index (χ0v) is 11.8. The minimum Gasteiger partial charge on any atom is -0.472 e. The second-order valence-electron chi connectivity index (χ2n) is 4.90. The molecule has 1 amide bonds. The number of hydrogen-bond acceptors (Lipinski definition) is 5. The maximum atomic E-state index is 12.2. The van der Waals surface area contributed by atoms with Gasteiger partial charge in [-0.05, 0) is 18.9 Å². The molecule has 3 rings (SSSR count). The molecule has 0 aromatic carbocycles. The van der Waals surface area contributed by atoms with Gasteiger partial charge in [-0.25, -0.2) is 4.98 Å². The van der Waals surface area contributed by atoms with Crippen LogP contribution in [0.1, 0.15) is 18.5 Å². The van der Waals surface area contributed by atoms with Crippen LogP contribution in [0.5, 0.6) is 0 Å². The van der Waals surface area contributed by atoms with Crippen molar-refractivity contribution in [2.24, 2.45) is 0 Å². The number of amides is 1. The first-order chi connectivity index (χ1) is 9.78. The molecule has 0 unspecified atom stereocenters. The van der Waals surface area contributed by atoms with Crippen molar-refractivity contribution >= 4 is 17.2 Å². The Balaban J connectivity index is 1.67. The van der Waals surface area contributed by atoms with E-state index in [4.69, 9.17) is 4.42 Å². The molecule has 1 aliphatic rings. The SMILES string of the molecule is O=C(Cc1csc(-c2ccoc2)n1)N1CCC[C@@H]1CO. The van der Waals surface area contributed by atoms with Crippen LogP contribution in [0.3, 0.4) is 0 Å². The van der Waals surface area contributed by atoms with Gasteiger partial charge >= 0.3 is 0 Å². The van der Waals surface area contributed by atoms with Crippen LogP contribution in [0.15, 0.2) is 28.4 Å². The summed E-state index contributed by atoms with van der Waals surface area (Å²) >= 11 is 1.51. The van der Waals surface area contributed by atoms with E-state index in [2.05, 4.69) is 4.98 Å². The zero-order valence-electron chi connectivity index (χ0n) is 11.0. The minimum absolute atomic E-state index is 0.0190. The summed E-state index contributed by atoms with van der Waals surface area (Å²) in [6, 6.07) is 1.83. The predicted octanol–water partition coefficient (Wildman–Crippen LogP) is 1.93. The maximum absolute atomic E-state index is 12.2. The number of furan rings is 1. The molecule has 1 atom stereocenters. The lowest BCUT2D eigenvalue weighted by Gasteiger charge is -2.22. The van der Waals surface area contributed by atoms with Crippen molar-refractivity contribution in [2.45, 2.75) is 25.3 Å². The van der Waals surface area contributed by atoms with Crippen LogP contribution < -0.4 is 0 Å². The molecule has 6 heteroatoms. The van der Waals surface area contributed by atoms with Gasteiger partial charge in [-0.1, -0.05) is 0 Å². The highest BCUT2D eigenvalue weighted by atomic mass is 32.1. The molecule has 1 aliphatic heterocycles. The molecule has 106 valence electrons. The van der Waals surface area contributed by atoms with Gasteiger partial charge in [-0.15, -0.1) is 11.3 Å². The van der Waals surface area contributed by atoms with Crippen LogP contribution in [-0.2, 0) is 11.2 Å². The van der Waals surface area contributed by atoms with Crippen LogP contribution in [0, 0.1) is 0 Å². The first-order valence-electron chi connectivity index (χ1n) is 6.65. The fraction of sp³-hybridized carbons (Fsp3) is 0.429. The zero-order chi connectivity index (χ0) is 13.9. The summed E-state index contributed by atoms with van der Waals surface area (Å²) in [6.45, 7) is 0.784. The van der Waals surface area contributed by atoms with Crippen molar-refractivity contribution in [3.05, 3.63) is 29.7 Å². The fourth-order valence-electron chi connectivity index (χ4n) is 2.52. The number of rotatable bonds is 4. The van der Waals surface area contributed by atoms with Crippen molar-refractivity contribution in [2.75, 3.05) is 13.2 Å². The predicted molar refractivity (Wildman–Crippen MR) is 75.3 cm³/mol. The smallest absolute Gasteiger partial charge is 0.228 e. The molecule has 0 spiro atoms. The first-order valence-corrected chi connectivity index (χ1v) is 7.53. The highest BCUT2D eigenvalue weighted by Crippen LogP contribution is 2.25.